The zero-order chi connectivity index (χ0) is 18.5. The van der Waals surface area contributed by atoms with Gasteiger partial charge in [-0.25, -0.2) is 0 Å². The summed E-state index contributed by atoms with van der Waals surface area (Å²) in [7, 11) is 0. The minimum absolute atomic E-state index is 0.0481. The van der Waals surface area contributed by atoms with Gasteiger partial charge in [-0.05, 0) is 37.1 Å². The second-order valence-electron chi connectivity index (χ2n) is 6.10. The van der Waals surface area contributed by atoms with Crippen LogP contribution in [0.25, 0.3) is 0 Å². The van der Waals surface area contributed by atoms with Crippen molar-refractivity contribution in [2.75, 3.05) is 18.4 Å². The van der Waals surface area contributed by atoms with Gasteiger partial charge in [0.25, 0.3) is 11.6 Å². The lowest BCUT2D eigenvalue weighted by molar-refractivity contribution is -0.384. The highest BCUT2D eigenvalue weighted by atomic mass is 16.6. The number of rotatable bonds is 4. The molecule has 8 nitrogen and oxygen atoms in total. The van der Waals surface area contributed by atoms with Crippen molar-refractivity contribution >= 4 is 23.2 Å². The maximum atomic E-state index is 12.5. The number of nitrogens with one attached hydrogen (secondary N) is 1. The van der Waals surface area contributed by atoms with E-state index in [2.05, 4.69) is 10.3 Å². The Balaban J connectivity index is 1.55. The number of carbonyl (C=O) groups is 2. The molecule has 0 unspecified atom stereocenters. The van der Waals surface area contributed by atoms with Gasteiger partial charge in [0.15, 0.2) is 0 Å². The lowest BCUT2D eigenvalue weighted by atomic mass is 9.95. The van der Waals surface area contributed by atoms with Gasteiger partial charge < -0.3 is 10.2 Å². The standard InChI is InChI=1S/C18H18N4O4/c23-17(20-15-5-9-19-10-6-15)13-7-11-21(12-8-13)18(24)14-1-3-16(4-2-14)22(25)26/h1-6,9-10,13H,7-8,11-12H2,(H,19,20,23). The van der Waals surface area contributed by atoms with Gasteiger partial charge in [0.1, 0.15) is 0 Å². The summed E-state index contributed by atoms with van der Waals surface area (Å²) in [5.41, 5.74) is 1.07. The first-order valence-electron chi connectivity index (χ1n) is 8.29. The van der Waals surface area contributed by atoms with Gasteiger partial charge in [0.05, 0.1) is 4.92 Å². The van der Waals surface area contributed by atoms with E-state index in [9.17, 15) is 19.7 Å². The van der Waals surface area contributed by atoms with Gasteiger partial charge in [-0.1, -0.05) is 0 Å². The molecule has 134 valence electrons. The van der Waals surface area contributed by atoms with Crippen LogP contribution in [0, 0.1) is 16.0 Å². The van der Waals surface area contributed by atoms with Gasteiger partial charge >= 0.3 is 0 Å². The highest BCUT2D eigenvalue weighted by Crippen LogP contribution is 2.21. The van der Waals surface area contributed by atoms with Gasteiger partial charge in [-0.15, -0.1) is 0 Å². The Bertz CT molecular complexity index is 800. The Hall–Kier alpha value is -3.29. The van der Waals surface area contributed by atoms with E-state index in [-0.39, 0.29) is 23.4 Å². The molecule has 1 fully saturated rings. The summed E-state index contributed by atoms with van der Waals surface area (Å²) in [6, 6.07) is 9.02. The van der Waals surface area contributed by atoms with Crippen LogP contribution < -0.4 is 5.32 Å². The Labute approximate surface area is 150 Å². The number of piperidine rings is 1. The van der Waals surface area contributed by atoms with E-state index in [1.54, 1.807) is 29.4 Å². The van der Waals surface area contributed by atoms with E-state index >= 15 is 0 Å². The predicted octanol–water partition coefficient (Wildman–Crippen LogP) is 2.48. The Morgan fingerprint density at radius 2 is 1.69 bits per heavy atom. The summed E-state index contributed by atoms with van der Waals surface area (Å²) in [4.78, 5) is 40.6. The molecule has 2 heterocycles. The summed E-state index contributed by atoms with van der Waals surface area (Å²) >= 11 is 0. The van der Waals surface area contributed by atoms with Crippen molar-refractivity contribution in [1.82, 2.24) is 9.88 Å². The van der Waals surface area contributed by atoms with Crippen molar-refractivity contribution in [1.29, 1.82) is 0 Å². The van der Waals surface area contributed by atoms with Crippen LogP contribution in [-0.2, 0) is 4.79 Å². The fourth-order valence-corrected chi connectivity index (χ4v) is 2.93. The van der Waals surface area contributed by atoms with Crippen molar-refractivity contribution < 1.29 is 14.5 Å². The molecule has 1 aliphatic heterocycles. The number of hydrogen-bond donors (Lipinski definition) is 1. The van der Waals surface area contributed by atoms with E-state index < -0.39 is 4.92 Å². The number of nitro groups is 1. The highest BCUT2D eigenvalue weighted by Gasteiger charge is 2.28. The molecule has 1 N–H and O–H groups in total. The summed E-state index contributed by atoms with van der Waals surface area (Å²) in [5, 5.41) is 13.5. The van der Waals surface area contributed by atoms with Crippen LogP contribution in [0.3, 0.4) is 0 Å². The number of amides is 2. The SMILES string of the molecule is O=C(Nc1ccncc1)C1CCN(C(=O)c2ccc([N+](=O)[O-])cc2)CC1. The van der Waals surface area contributed by atoms with Gasteiger partial charge in [-0.3, -0.25) is 24.7 Å². The fraction of sp³-hybridized carbons (Fsp3) is 0.278. The minimum atomic E-state index is -0.499. The largest absolute Gasteiger partial charge is 0.339 e. The number of pyridine rings is 1. The Morgan fingerprint density at radius 1 is 1.08 bits per heavy atom. The molecule has 8 heteroatoms. The summed E-state index contributed by atoms with van der Waals surface area (Å²) in [6.07, 6.45) is 4.38. The van der Waals surface area contributed by atoms with E-state index in [1.807, 2.05) is 0 Å². The summed E-state index contributed by atoms with van der Waals surface area (Å²) < 4.78 is 0. The number of non-ortho nitro benzene ring substituents is 1. The summed E-state index contributed by atoms with van der Waals surface area (Å²) in [6.45, 7) is 0.953. The van der Waals surface area contributed by atoms with E-state index in [0.29, 0.717) is 37.2 Å². The second-order valence-corrected chi connectivity index (χ2v) is 6.10. The molecule has 1 aromatic heterocycles. The molecule has 0 atom stereocenters. The van der Waals surface area contributed by atoms with Crippen molar-refractivity contribution in [3.63, 3.8) is 0 Å². The number of anilines is 1. The second kappa shape index (κ2) is 7.73. The van der Waals surface area contributed by atoms with E-state index in [1.165, 1.54) is 24.3 Å². The van der Waals surface area contributed by atoms with E-state index in [0.717, 1.165) is 0 Å². The lowest BCUT2D eigenvalue weighted by Gasteiger charge is -2.31. The zero-order valence-electron chi connectivity index (χ0n) is 14.0. The maximum absolute atomic E-state index is 12.5. The first kappa shape index (κ1) is 17.5. The third kappa shape index (κ3) is 4.02. The molecule has 1 saturated heterocycles. The van der Waals surface area contributed by atoms with Crippen molar-refractivity contribution in [3.05, 3.63) is 64.5 Å². The molecular weight excluding hydrogens is 336 g/mol. The monoisotopic (exact) mass is 354 g/mol. The van der Waals surface area contributed by atoms with Crippen molar-refractivity contribution in [3.8, 4) is 0 Å². The Morgan fingerprint density at radius 3 is 2.27 bits per heavy atom. The molecule has 2 amide bonds. The van der Waals surface area contributed by atoms with E-state index in [4.69, 9.17) is 0 Å². The van der Waals surface area contributed by atoms with Gasteiger partial charge in [0.2, 0.25) is 5.91 Å². The molecule has 3 rings (SSSR count). The van der Waals surface area contributed by atoms with Crippen LogP contribution in [0.15, 0.2) is 48.8 Å². The Kier molecular flexibility index (Phi) is 5.21. The molecule has 0 radical (unpaired) electrons. The summed E-state index contributed by atoms with van der Waals surface area (Å²) in [5.74, 6) is -0.379. The number of nitrogens with zero attached hydrogens (tertiary/aromatic N) is 3. The molecule has 26 heavy (non-hydrogen) atoms. The molecule has 0 aliphatic carbocycles. The smallest absolute Gasteiger partial charge is 0.269 e. The first-order valence-corrected chi connectivity index (χ1v) is 8.29. The molecule has 1 aromatic carbocycles. The number of benzene rings is 1. The normalized spacial score (nSPS) is 14.7. The van der Waals surface area contributed by atoms with Gasteiger partial charge in [0, 0.05) is 54.8 Å². The average Bonchev–Trinajstić information content (AvgIpc) is 2.68. The number of nitro benzene ring substituents is 1. The van der Waals surface area contributed by atoms with Crippen LogP contribution in [0.5, 0.6) is 0 Å². The molecular formula is C18H18N4O4. The molecule has 1 aliphatic rings. The number of hydrogen-bond acceptors (Lipinski definition) is 5. The predicted molar refractivity (Wildman–Crippen MR) is 94.6 cm³/mol. The maximum Gasteiger partial charge on any atom is 0.269 e. The van der Waals surface area contributed by atoms with Gasteiger partial charge in [-0.2, -0.15) is 0 Å². The minimum Gasteiger partial charge on any atom is -0.339 e. The lowest BCUT2D eigenvalue weighted by Crippen LogP contribution is -2.41. The van der Waals surface area contributed by atoms with Crippen molar-refractivity contribution in [2.45, 2.75) is 12.8 Å². The van der Waals surface area contributed by atoms with Crippen LogP contribution in [0.1, 0.15) is 23.2 Å². The number of carbonyl (C=O) groups excluding carboxylic acids is 2. The van der Waals surface area contributed by atoms with Crippen LogP contribution in [0.2, 0.25) is 0 Å². The highest BCUT2D eigenvalue weighted by molar-refractivity contribution is 5.95. The molecule has 0 bridgehead atoms. The van der Waals surface area contributed by atoms with Crippen LogP contribution >= 0.6 is 0 Å². The quantitative estimate of drug-likeness (QED) is 0.671. The van der Waals surface area contributed by atoms with Crippen LogP contribution in [-0.4, -0.2) is 39.7 Å². The average molecular weight is 354 g/mol. The van der Waals surface area contributed by atoms with Crippen molar-refractivity contribution in [2.24, 2.45) is 5.92 Å². The molecule has 0 saturated carbocycles. The topological polar surface area (TPSA) is 105 Å². The third-order valence-electron chi connectivity index (χ3n) is 4.43. The zero-order valence-corrected chi connectivity index (χ0v) is 14.0. The number of aromatic nitrogens is 1. The molecule has 2 aromatic rings. The first-order chi connectivity index (χ1) is 12.5. The van der Waals surface area contributed by atoms with Crippen LogP contribution in [0.4, 0.5) is 11.4 Å². The fourth-order valence-electron chi connectivity index (χ4n) is 2.93. The number of likely N-dealkylation sites (tertiary alicyclic amines) is 1. The molecule has 0 spiro atoms. The third-order valence-corrected chi connectivity index (χ3v) is 4.43.